The first-order valence-electron chi connectivity index (χ1n) is 8.72. The third kappa shape index (κ3) is 13.3. The minimum absolute atomic E-state index is 0.0616. The Morgan fingerprint density at radius 3 is 2.00 bits per heavy atom. The van der Waals surface area contributed by atoms with Crippen LogP contribution in [0.2, 0.25) is 0 Å². The highest BCUT2D eigenvalue weighted by atomic mass is 16.5. The van der Waals surface area contributed by atoms with Crippen LogP contribution in [0.25, 0.3) is 0 Å². The average Bonchev–Trinajstić information content (AvgIpc) is 2.38. The first kappa shape index (κ1) is 21.6. The molecule has 0 spiro atoms. The van der Waals surface area contributed by atoms with Crippen LogP contribution in [-0.2, 0) is 14.3 Å². The van der Waals surface area contributed by atoms with Crippen LogP contribution in [0.5, 0.6) is 0 Å². The van der Waals surface area contributed by atoms with Gasteiger partial charge in [-0.25, -0.2) is 0 Å². The molecule has 0 saturated heterocycles. The van der Waals surface area contributed by atoms with Gasteiger partial charge in [0.2, 0.25) is 0 Å². The van der Waals surface area contributed by atoms with Gasteiger partial charge in [0, 0.05) is 25.7 Å². The van der Waals surface area contributed by atoms with Gasteiger partial charge in [-0.2, -0.15) is 0 Å². The second-order valence-electron chi connectivity index (χ2n) is 8.61. The quantitative estimate of drug-likeness (QED) is 0.482. The molecule has 0 aliphatic heterocycles. The van der Waals surface area contributed by atoms with E-state index in [0.717, 1.165) is 19.4 Å². The summed E-state index contributed by atoms with van der Waals surface area (Å²) in [6.07, 6.45) is 4.43. The zero-order valence-electron chi connectivity index (χ0n) is 16.0. The summed E-state index contributed by atoms with van der Waals surface area (Å²) >= 11 is 0. The number of Topliss-reactive ketones (excluding diaryl/α,β-unsaturated/α-hetero) is 1. The van der Waals surface area contributed by atoms with Gasteiger partial charge in [-0.1, -0.05) is 48.5 Å². The van der Waals surface area contributed by atoms with Crippen molar-refractivity contribution in [3.8, 4) is 0 Å². The number of carbonyl (C=O) groups is 1. The molecular weight excluding hydrogens is 276 g/mol. The molecule has 0 aromatic carbocycles. The standard InChI is InChI=1S/C19H38O3/c1-16(2)17(20)15-22-13-8-12-21-14-11-19(6,7)10-9-18(3,4)5/h16H,8-15H2,1-7H3. The van der Waals surface area contributed by atoms with Crippen LogP contribution < -0.4 is 0 Å². The predicted octanol–water partition coefficient (Wildman–Crippen LogP) is 4.88. The molecule has 3 heteroatoms. The molecule has 0 aliphatic carbocycles. The molecule has 0 aliphatic rings. The van der Waals surface area contributed by atoms with E-state index < -0.39 is 0 Å². The SMILES string of the molecule is CC(C)C(=O)COCCCOCCC(C)(C)CCC(C)(C)C. The molecule has 0 bridgehead atoms. The van der Waals surface area contributed by atoms with Crippen LogP contribution in [0.15, 0.2) is 0 Å². The van der Waals surface area contributed by atoms with Gasteiger partial charge in [0.15, 0.2) is 5.78 Å². The lowest BCUT2D eigenvalue weighted by Gasteiger charge is -2.28. The van der Waals surface area contributed by atoms with Crippen LogP contribution in [0.4, 0.5) is 0 Å². The fourth-order valence-electron chi connectivity index (χ4n) is 1.89. The summed E-state index contributed by atoms with van der Waals surface area (Å²) in [5.74, 6) is 0.230. The Balaban J connectivity index is 3.54. The van der Waals surface area contributed by atoms with E-state index in [4.69, 9.17) is 9.47 Å². The predicted molar refractivity (Wildman–Crippen MR) is 93.2 cm³/mol. The lowest BCUT2D eigenvalue weighted by atomic mass is 9.78. The minimum atomic E-state index is 0.0616. The Morgan fingerprint density at radius 2 is 1.45 bits per heavy atom. The number of hydrogen-bond acceptors (Lipinski definition) is 3. The van der Waals surface area contributed by atoms with Gasteiger partial charge in [-0.15, -0.1) is 0 Å². The van der Waals surface area contributed by atoms with Crippen LogP contribution in [-0.4, -0.2) is 32.2 Å². The maximum Gasteiger partial charge on any atom is 0.160 e. The number of ether oxygens (including phenoxy) is 2. The number of carbonyl (C=O) groups excluding carboxylic acids is 1. The zero-order chi connectivity index (χ0) is 17.2. The molecule has 0 atom stereocenters. The van der Waals surface area contributed by atoms with E-state index in [9.17, 15) is 4.79 Å². The fraction of sp³-hybridized carbons (Fsp3) is 0.947. The Labute approximate surface area is 138 Å². The van der Waals surface area contributed by atoms with Crippen LogP contribution >= 0.6 is 0 Å². The molecule has 0 amide bonds. The molecule has 0 unspecified atom stereocenters. The molecule has 0 rings (SSSR count). The number of hydrogen-bond donors (Lipinski definition) is 0. The van der Waals surface area contributed by atoms with E-state index >= 15 is 0 Å². The van der Waals surface area contributed by atoms with E-state index in [0.29, 0.717) is 24.0 Å². The summed E-state index contributed by atoms with van der Waals surface area (Å²) in [6, 6.07) is 0. The molecule has 0 aromatic rings. The first-order chi connectivity index (χ1) is 10.0. The number of ketones is 1. The summed E-state index contributed by atoms with van der Waals surface area (Å²) in [6.45, 7) is 17.7. The summed E-state index contributed by atoms with van der Waals surface area (Å²) < 4.78 is 11.0. The van der Waals surface area contributed by atoms with Crippen molar-refractivity contribution >= 4 is 5.78 Å². The van der Waals surface area contributed by atoms with E-state index in [-0.39, 0.29) is 18.3 Å². The van der Waals surface area contributed by atoms with Crippen molar-refractivity contribution in [2.24, 2.45) is 16.7 Å². The van der Waals surface area contributed by atoms with E-state index in [1.807, 2.05) is 13.8 Å². The van der Waals surface area contributed by atoms with Crippen molar-refractivity contribution in [3.05, 3.63) is 0 Å². The minimum Gasteiger partial charge on any atom is -0.381 e. The van der Waals surface area contributed by atoms with Crippen molar-refractivity contribution in [1.82, 2.24) is 0 Å². The van der Waals surface area contributed by atoms with Gasteiger partial charge >= 0.3 is 0 Å². The van der Waals surface area contributed by atoms with Gasteiger partial charge in [0.05, 0.1) is 0 Å². The normalized spacial score (nSPS) is 12.9. The summed E-state index contributed by atoms with van der Waals surface area (Å²) in [4.78, 5) is 11.4. The van der Waals surface area contributed by atoms with Crippen molar-refractivity contribution in [2.45, 2.75) is 74.1 Å². The third-order valence-electron chi connectivity index (χ3n) is 3.94. The monoisotopic (exact) mass is 314 g/mol. The van der Waals surface area contributed by atoms with Crippen molar-refractivity contribution < 1.29 is 14.3 Å². The lowest BCUT2D eigenvalue weighted by molar-refractivity contribution is -0.126. The van der Waals surface area contributed by atoms with E-state index in [1.54, 1.807) is 0 Å². The molecule has 0 aromatic heterocycles. The highest BCUT2D eigenvalue weighted by Gasteiger charge is 2.21. The van der Waals surface area contributed by atoms with Crippen molar-refractivity contribution in [1.29, 1.82) is 0 Å². The zero-order valence-corrected chi connectivity index (χ0v) is 16.0. The molecule has 3 nitrogen and oxygen atoms in total. The molecular formula is C19H38O3. The van der Waals surface area contributed by atoms with Gasteiger partial charge < -0.3 is 9.47 Å². The first-order valence-corrected chi connectivity index (χ1v) is 8.72. The van der Waals surface area contributed by atoms with E-state index in [2.05, 4.69) is 34.6 Å². The van der Waals surface area contributed by atoms with Gasteiger partial charge in [0.25, 0.3) is 0 Å². The van der Waals surface area contributed by atoms with Crippen LogP contribution in [0.1, 0.15) is 74.1 Å². The Bertz CT molecular complexity index is 300. The summed E-state index contributed by atoms with van der Waals surface area (Å²) in [5.41, 5.74) is 0.746. The molecule has 0 heterocycles. The molecule has 22 heavy (non-hydrogen) atoms. The van der Waals surface area contributed by atoms with Gasteiger partial charge in [0.1, 0.15) is 6.61 Å². The topological polar surface area (TPSA) is 35.5 Å². The largest absolute Gasteiger partial charge is 0.381 e. The Kier molecular flexibility index (Phi) is 10.2. The lowest BCUT2D eigenvalue weighted by Crippen LogP contribution is -2.18. The molecule has 0 fully saturated rings. The second-order valence-corrected chi connectivity index (χ2v) is 8.61. The molecule has 0 radical (unpaired) electrons. The van der Waals surface area contributed by atoms with Crippen LogP contribution in [0.3, 0.4) is 0 Å². The number of rotatable bonds is 12. The van der Waals surface area contributed by atoms with Crippen molar-refractivity contribution in [3.63, 3.8) is 0 Å². The van der Waals surface area contributed by atoms with Crippen LogP contribution in [0, 0.1) is 16.7 Å². The van der Waals surface area contributed by atoms with E-state index in [1.165, 1.54) is 12.8 Å². The second kappa shape index (κ2) is 10.4. The Morgan fingerprint density at radius 1 is 0.864 bits per heavy atom. The summed E-state index contributed by atoms with van der Waals surface area (Å²) in [7, 11) is 0. The average molecular weight is 315 g/mol. The Hall–Kier alpha value is -0.410. The maximum absolute atomic E-state index is 11.4. The molecule has 0 N–H and O–H groups in total. The smallest absolute Gasteiger partial charge is 0.160 e. The molecule has 0 saturated carbocycles. The van der Waals surface area contributed by atoms with Gasteiger partial charge in [-0.3, -0.25) is 4.79 Å². The highest BCUT2D eigenvalue weighted by molar-refractivity contribution is 5.81. The van der Waals surface area contributed by atoms with Gasteiger partial charge in [-0.05, 0) is 36.5 Å². The maximum atomic E-state index is 11.4. The van der Waals surface area contributed by atoms with Crippen molar-refractivity contribution in [2.75, 3.05) is 26.4 Å². The third-order valence-corrected chi connectivity index (χ3v) is 3.94. The summed E-state index contributed by atoms with van der Waals surface area (Å²) in [5, 5.41) is 0. The molecule has 132 valence electrons. The fourth-order valence-corrected chi connectivity index (χ4v) is 1.89. The highest BCUT2D eigenvalue weighted by Crippen LogP contribution is 2.32.